The minimum atomic E-state index is 0.0788. The molecule has 3 aliphatic heterocycles. The van der Waals surface area contributed by atoms with Crippen molar-refractivity contribution in [3.05, 3.63) is 89.0 Å². The number of aromatic nitrogens is 2. The third kappa shape index (κ3) is 6.99. The molecule has 0 bridgehead atoms. The first kappa shape index (κ1) is 32.6. The molecule has 246 valence electrons. The van der Waals surface area contributed by atoms with Gasteiger partial charge in [-0.2, -0.15) is 0 Å². The van der Waals surface area contributed by atoms with Crippen molar-refractivity contribution in [3.63, 3.8) is 0 Å². The summed E-state index contributed by atoms with van der Waals surface area (Å²) in [6.45, 7) is 16.7. The van der Waals surface area contributed by atoms with Crippen LogP contribution in [0.25, 0.3) is 0 Å². The molecule has 1 amide bonds. The summed E-state index contributed by atoms with van der Waals surface area (Å²) in [6, 6.07) is 20.7. The normalized spacial score (nSPS) is 23.6. The highest BCUT2D eigenvalue weighted by Crippen LogP contribution is 2.39. The zero-order chi connectivity index (χ0) is 32.3. The third-order valence-corrected chi connectivity index (χ3v) is 11.1. The molecular formula is C38H52N6O2. The summed E-state index contributed by atoms with van der Waals surface area (Å²) in [4.78, 5) is 32.3. The minimum Gasteiger partial charge on any atom is -0.497 e. The Morgan fingerprint density at radius 3 is 2.28 bits per heavy atom. The molecule has 0 saturated carbocycles. The van der Waals surface area contributed by atoms with Crippen LogP contribution in [0.4, 0.5) is 0 Å². The van der Waals surface area contributed by atoms with Gasteiger partial charge in [0, 0.05) is 63.4 Å². The molecule has 2 aromatic carbocycles. The van der Waals surface area contributed by atoms with Crippen LogP contribution in [0.3, 0.4) is 0 Å². The summed E-state index contributed by atoms with van der Waals surface area (Å²) in [5, 5.41) is 0. The maximum atomic E-state index is 13.5. The van der Waals surface area contributed by atoms with Crippen LogP contribution >= 0.6 is 0 Å². The van der Waals surface area contributed by atoms with Crippen LogP contribution in [0.15, 0.2) is 60.9 Å². The van der Waals surface area contributed by atoms with Gasteiger partial charge in [-0.3, -0.25) is 19.5 Å². The van der Waals surface area contributed by atoms with E-state index in [2.05, 4.69) is 93.1 Å². The number of piperidine rings is 2. The van der Waals surface area contributed by atoms with E-state index in [1.807, 2.05) is 18.7 Å². The number of nitrogens with zero attached hydrogens (tertiary/aromatic N) is 6. The van der Waals surface area contributed by atoms with Crippen molar-refractivity contribution in [2.24, 2.45) is 5.92 Å². The molecule has 8 heteroatoms. The van der Waals surface area contributed by atoms with Gasteiger partial charge < -0.3 is 9.64 Å². The van der Waals surface area contributed by atoms with Crippen molar-refractivity contribution >= 4 is 5.91 Å². The highest BCUT2D eigenvalue weighted by Gasteiger charge is 2.43. The Morgan fingerprint density at radius 2 is 1.63 bits per heavy atom. The first-order chi connectivity index (χ1) is 22.3. The highest BCUT2D eigenvalue weighted by atomic mass is 16.5. The van der Waals surface area contributed by atoms with Gasteiger partial charge in [0.25, 0.3) is 5.91 Å². The molecule has 4 heterocycles. The van der Waals surface area contributed by atoms with Gasteiger partial charge in [-0.15, -0.1) is 0 Å². The molecule has 0 aliphatic carbocycles. The Morgan fingerprint density at radius 1 is 0.935 bits per heavy atom. The molecule has 0 radical (unpaired) electrons. The van der Waals surface area contributed by atoms with E-state index >= 15 is 0 Å². The van der Waals surface area contributed by atoms with E-state index in [1.165, 1.54) is 24.0 Å². The van der Waals surface area contributed by atoms with E-state index in [9.17, 15) is 4.79 Å². The Kier molecular flexibility index (Phi) is 10.1. The molecule has 0 spiro atoms. The van der Waals surface area contributed by atoms with Crippen molar-refractivity contribution in [3.8, 4) is 5.75 Å². The number of methoxy groups -OCH3 is 1. The number of carbonyl (C=O) groups excluding carboxylic acids is 1. The minimum absolute atomic E-state index is 0.0788. The lowest BCUT2D eigenvalue weighted by molar-refractivity contribution is -0.0452. The molecule has 0 N–H and O–H groups in total. The van der Waals surface area contributed by atoms with E-state index in [0.717, 1.165) is 82.3 Å². The monoisotopic (exact) mass is 624 g/mol. The van der Waals surface area contributed by atoms with Crippen LogP contribution in [-0.4, -0.2) is 100.0 Å². The number of carbonyl (C=O) groups is 1. The lowest BCUT2D eigenvalue weighted by atomic mass is 9.83. The SMILES string of the molecule is COc1ccc(CN2CCCC([C@H](c3ccccc3)N3CCN(C4(C)CCN(C(=O)c5c(C)ncnc5C)CC4)C[C@@H]3C)C2)cc1. The van der Waals surface area contributed by atoms with E-state index in [-0.39, 0.29) is 11.4 Å². The lowest BCUT2D eigenvalue weighted by Gasteiger charge is -2.54. The van der Waals surface area contributed by atoms with Crippen LogP contribution in [0.1, 0.15) is 78.4 Å². The summed E-state index contributed by atoms with van der Waals surface area (Å²) in [6.07, 6.45) is 6.02. The van der Waals surface area contributed by atoms with E-state index < -0.39 is 0 Å². The zero-order valence-corrected chi connectivity index (χ0v) is 28.5. The number of hydrogen-bond donors (Lipinski definition) is 0. The summed E-state index contributed by atoms with van der Waals surface area (Å²) in [5.41, 5.74) is 5.11. The molecule has 3 aliphatic rings. The topological polar surface area (TPSA) is 65.0 Å². The standard InChI is InChI=1S/C38H52N6O2/c1-28-24-43(38(4)17-20-42(21-18-38)37(45)35-29(2)39-27-40-30(35)3)22-23-44(28)36(32-10-7-6-8-11-32)33-12-9-19-41(26-33)25-31-13-15-34(46-5)16-14-31/h6-8,10-11,13-16,27-28,33,36H,9,12,17-26H2,1-5H3/t28-,33?,36-/m0/s1. The maximum Gasteiger partial charge on any atom is 0.257 e. The van der Waals surface area contributed by atoms with E-state index in [0.29, 0.717) is 23.6 Å². The van der Waals surface area contributed by atoms with Crippen LogP contribution < -0.4 is 4.74 Å². The van der Waals surface area contributed by atoms with Crippen molar-refractivity contribution in [1.29, 1.82) is 0 Å². The highest BCUT2D eigenvalue weighted by molar-refractivity contribution is 5.96. The van der Waals surface area contributed by atoms with Crippen LogP contribution in [0.2, 0.25) is 0 Å². The number of rotatable bonds is 8. The number of amides is 1. The predicted octanol–water partition coefficient (Wildman–Crippen LogP) is 5.76. The smallest absolute Gasteiger partial charge is 0.257 e. The summed E-state index contributed by atoms with van der Waals surface area (Å²) in [5.74, 6) is 1.58. The average molecular weight is 625 g/mol. The van der Waals surface area contributed by atoms with Gasteiger partial charge in [-0.25, -0.2) is 9.97 Å². The van der Waals surface area contributed by atoms with Gasteiger partial charge >= 0.3 is 0 Å². The summed E-state index contributed by atoms with van der Waals surface area (Å²) >= 11 is 0. The van der Waals surface area contributed by atoms with Crippen LogP contribution in [0.5, 0.6) is 5.75 Å². The lowest BCUT2D eigenvalue weighted by Crippen LogP contribution is -2.63. The van der Waals surface area contributed by atoms with Crippen molar-refractivity contribution in [2.45, 2.75) is 77.5 Å². The van der Waals surface area contributed by atoms with Gasteiger partial charge in [-0.1, -0.05) is 42.5 Å². The largest absolute Gasteiger partial charge is 0.497 e. The van der Waals surface area contributed by atoms with E-state index in [1.54, 1.807) is 13.4 Å². The zero-order valence-electron chi connectivity index (χ0n) is 28.5. The van der Waals surface area contributed by atoms with Gasteiger partial charge in [0.1, 0.15) is 12.1 Å². The fourth-order valence-electron chi connectivity index (χ4n) is 8.31. The fourth-order valence-corrected chi connectivity index (χ4v) is 8.31. The van der Waals surface area contributed by atoms with Gasteiger partial charge in [0.15, 0.2) is 0 Å². The fraction of sp³-hybridized carbons (Fsp3) is 0.553. The molecule has 3 saturated heterocycles. The average Bonchev–Trinajstić information content (AvgIpc) is 3.07. The molecule has 46 heavy (non-hydrogen) atoms. The molecule has 1 unspecified atom stereocenters. The molecular weight excluding hydrogens is 572 g/mol. The van der Waals surface area contributed by atoms with Gasteiger partial charge in [0.2, 0.25) is 0 Å². The first-order valence-corrected chi connectivity index (χ1v) is 17.2. The Labute approximate surface area is 275 Å². The summed E-state index contributed by atoms with van der Waals surface area (Å²) < 4.78 is 5.38. The Balaban J connectivity index is 1.12. The number of benzene rings is 2. The Bertz CT molecular complexity index is 1440. The predicted molar refractivity (Wildman–Crippen MR) is 183 cm³/mol. The van der Waals surface area contributed by atoms with E-state index in [4.69, 9.17) is 4.74 Å². The summed E-state index contributed by atoms with van der Waals surface area (Å²) in [7, 11) is 1.73. The number of piperazine rings is 1. The van der Waals surface area contributed by atoms with Crippen LogP contribution in [0, 0.1) is 19.8 Å². The molecule has 3 fully saturated rings. The number of aryl methyl sites for hydroxylation is 2. The second-order valence-corrected chi connectivity index (χ2v) is 14.1. The maximum absolute atomic E-state index is 13.5. The molecule has 1 aromatic heterocycles. The number of likely N-dealkylation sites (tertiary alicyclic amines) is 2. The first-order valence-electron chi connectivity index (χ1n) is 17.2. The van der Waals surface area contributed by atoms with Gasteiger partial charge in [0.05, 0.1) is 24.1 Å². The van der Waals surface area contributed by atoms with Crippen molar-refractivity contribution in [2.75, 3.05) is 52.9 Å². The number of hydrogen-bond acceptors (Lipinski definition) is 7. The molecule has 3 aromatic rings. The van der Waals surface area contributed by atoms with Crippen LogP contribution in [-0.2, 0) is 6.54 Å². The van der Waals surface area contributed by atoms with Gasteiger partial charge in [-0.05, 0) is 89.1 Å². The third-order valence-electron chi connectivity index (χ3n) is 11.1. The van der Waals surface area contributed by atoms with Crippen molar-refractivity contribution in [1.82, 2.24) is 29.6 Å². The quantitative estimate of drug-likeness (QED) is 0.316. The second-order valence-electron chi connectivity index (χ2n) is 14.1. The molecule has 8 nitrogen and oxygen atoms in total. The second kappa shape index (κ2) is 14.2. The Hall–Kier alpha value is -3.33. The molecule has 3 atom stereocenters. The van der Waals surface area contributed by atoms with Crippen molar-refractivity contribution < 1.29 is 9.53 Å². The molecule has 6 rings (SSSR count). The number of ether oxygens (including phenoxy) is 1.